The summed E-state index contributed by atoms with van der Waals surface area (Å²) in [7, 11) is 0. The highest BCUT2D eigenvalue weighted by atomic mass is 14.2. The predicted molar refractivity (Wildman–Crippen MR) is 51.8 cm³/mol. The Morgan fingerprint density at radius 1 is 1.33 bits per heavy atom. The van der Waals surface area contributed by atoms with Crippen molar-refractivity contribution >= 4 is 0 Å². The standard InChI is InChI=1S/C12H14/c1-9-3-5-11-6-4-10(2)8-12(11)7-9/h3-6,9,11H,7H2,1-2H3. The van der Waals surface area contributed by atoms with E-state index in [4.69, 9.17) is 0 Å². The number of rotatable bonds is 0. The highest BCUT2D eigenvalue weighted by molar-refractivity contribution is 5.34. The molecule has 62 valence electrons. The van der Waals surface area contributed by atoms with Gasteiger partial charge in [0.15, 0.2) is 0 Å². The Hall–Kier alpha value is -1.00. The topological polar surface area (TPSA) is 0 Å². The van der Waals surface area contributed by atoms with E-state index in [0.29, 0.717) is 11.8 Å². The third kappa shape index (κ3) is 1.31. The molecule has 0 saturated carbocycles. The van der Waals surface area contributed by atoms with E-state index >= 15 is 0 Å². The SMILES string of the molecule is CC1=C=C2CC(C)C=CC2C=C1. The maximum Gasteiger partial charge on any atom is 0.0237 e. The fraction of sp³-hybridized carbons (Fsp3) is 0.417. The molecule has 0 aliphatic heterocycles. The van der Waals surface area contributed by atoms with Gasteiger partial charge < -0.3 is 0 Å². The Labute approximate surface area is 74.0 Å². The zero-order chi connectivity index (χ0) is 8.55. The fourth-order valence-corrected chi connectivity index (χ4v) is 1.83. The maximum absolute atomic E-state index is 3.44. The highest BCUT2D eigenvalue weighted by Crippen LogP contribution is 2.30. The summed E-state index contributed by atoms with van der Waals surface area (Å²) in [5.41, 5.74) is 6.17. The molecular formula is C12H14. The quantitative estimate of drug-likeness (QED) is 0.375. The molecule has 2 unspecified atom stereocenters. The van der Waals surface area contributed by atoms with Gasteiger partial charge in [0.1, 0.15) is 0 Å². The molecule has 0 nitrogen and oxygen atoms in total. The maximum atomic E-state index is 3.44. The van der Waals surface area contributed by atoms with E-state index in [-0.39, 0.29) is 0 Å². The van der Waals surface area contributed by atoms with Crippen LogP contribution in [0.5, 0.6) is 0 Å². The average Bonchev–Trinajstić information content (AvgIpc) is 2.03. The first kappa shape index (κ1) is 7.64. The van der Waals surface area contributed by atoms with Crippen molar-refractivity contribution in [3.63, 3.8) is 0 Å². The third-order valence-corrected chi connectivity index (χ3v) is 2.50. The first-order valence-corrected chi connectivity index (χ1v) is 4.58. The van der Waals surface area contributed by atoms with Crippen molar-refractivity contribution in [1.29, 1.82) is 0 Å². The molecule has 2 atom stereocenters. The Bertz CT molecular complexity index is 309. The van der Waals surface area contributed by atoms with Crippen LogP contribution in [0, 0.1) is 11.8 Å². The van der Waals surface area contributed by atoms with Crippen molar-refractivity contribution in [3.05, 3.63) is 41.2 Å². The van der Waals surface area contributed by atoms with E-state index in [2.05, 4.69) is 43.9 Å². The largest absolute Gasteiger partial charge is 0.118 e. The summed E-state index contributed by atoms with van der Waals surface area (Å²) in [5.74, 6) is 1.24. The van der Waals surface area contributed by atoms with E-state index in [1.165, 1.54) is 17.6 Å². The molecule has 2 aliphatic carbocycles. The first-order chi connectivity index (χ1) is 5.75. The summed E-state index contributed by atoms with van der Waals surface area (Å²) in [4.78, 5) is 0. The number of allylic oxidation sites excluding steroid dienone is 5. The molecule has 0 aromatic rings. The summed E-state index contributed by atoms with van der Waals surface area (Å²) in [6.07, 6.45) is 10.2. The lowest BCUT2D eigenvalue weighted by molar-refractivity contribution is 0.644. The minimum Gasteiger partial charge on any atom is -0.118 e. The molecule has 0 fully saturated rings. The second-order valence-corrected chi connectivity index (χ2v) is 3.78. The van der Waals surface area contributed by atoms with E-state index in [1.54, 1.807) is 0 Å². The monoisotopic (exact) mass is 158 g/mol. The lowest BCUT2D eigenvalue weighted by Crippen LogP contribution is -2.09. The van der Waals surface area contributed by atoms with Crippen LogP contribution in [0.4, 0.5) is 0 Å². The second-order valence-electron chi connectivity index (χ2n) is 3.78. The third-order valence-electron chi connectivity index (χ3n) is 2.50. The molecule has 0 radical (unpaired) electrons. The molecule has 0 aromatic carbocycles. The van der Waals surface area contributed by atoms with Crippen molar-refractivity contribution in [3.8, 4) is 0 Å². The Morgan fingerprint density at radius 3 is 3.00 bits per heavy atom. The van der Waals surface area contributed by atoms with E-state index < -0.39 is 0 Å². The van der Waals surface area contributed by atoms with Crippen LogP contribution in [-0.2, 0) is 0 Å². The molecule has 0 N–H and O–H groups in total. The summed E-state index contributed by atoms with van der Waals surface area (Å²) in [6.45, 7) is 4.37. The normalized spacial score (nSPS) is 32.5. The van der Waals surface area contributed by atoms with Gasteiger partial charge in [-0.3, -0.25) is 0 Å². The van der Waals surface area contributed by atoms with E-state index in [9.17, 15) is 0 Å². The van der Waals surface area contributed by atoms with E-state index in [0.717, 1.165) is 0 Å². The smallest absolute Gasteiger partial charge is 0.0237 e. The molecule has 0 heteroatoms. The highest BCUT2D eigenvalue weighted by Gasteiger charge is 2.17. The van der Waals surface area contributed by atoms with Crippen LogP contribution >= 0.6 is 0 Å². The first-order valence-electron chi connectivity index (χ1n) is 4.58. The minimum atomic E-state index is 0.546. The lowest BCUT2D eigenvalue weighted by Gasteiger charge is -2.21. The van der Waals surface area contributed by atoms with Crippen LogP contribution in [0.15, 0.2) is 41.2 Å². The Balaban J connectivity index is 2.40. The van der Waals surface area contributed by atoms with Crippen LogP contribution in [0.1, 0.15) is 20.3 Å². The average molecular weight is 158 g/mol. The molecular weight excluding hydrogens is 144 g/mol. The fourth-order valence-electron chi connectivity index (χ4n) is 1.83. The van der Waals surface area contributed by atoms with Gasteiger partial charge in [-0.2, -0.15) is 0 Å². The van der Waals surface area contributed by atoms with Gasteiger partial charge >= 0.3 is 0 Å². The molecule has 0 heterocycles. The van der Waals surface area contributed by atoms with Crippen molar-refractivity contribution in [2.24, 2.45) is 11.8 Å². The van der Waals surface area contributed by atoms with Crippen molar-refractivity contribution in [2.75, 3.05) is 0 Å². The van der Waals surface area contributed by atoms with Gasteiger partial charge in [-0.1, -0.05) is 31.2 Å². The zero-order valence-electron chi connectivity index (χ0n) is 7.67. The van der Waals surface area contributed by atoms with Crippen LogP contribution in [0.25, 0.3) is 0 Å². The van der Waals surface area contributed by atoms with Crippen molar-refractivity contribution in [1.82, 2.24) is 0 Å². The van der Waals surface area contributed by atoms with Gasteiger partial charge in [-0.25, -0.2) is 0 Å². The summed E-state index contributed by atoms with van der Waals surface area (Å²) in [5, 5.41) is 0. The number of hydrogen-bond donors (Lipinski definition) is 0. The van der Waals surface area contributed by atoms with Gasteiger partial charge in [0, 0.05) is 5.92 Å². The molecule has 0 spiro atoms. The van der Waals surface area contributed by atoms with Crippen LogP contribution in [0.2, 0.25) is 0 Å². The van der Waals surface area contributed by atoms with Gasteiger partial charge in [0.2, 0.25) is 0 Å². The van der Waals surface area contributed by atoms with Crippen LogP contribution < -0.4 is 0 Å². The molecule has 0 aromatic heterocycles. The van der Waals surface area contributed by atoms with Gasteiger partial charge in [0.25, 0.3) is 0 Å². The predicted octanol–water partition coefficient (Wildman–Crippen LogP) is 3.24. The van der Waals surface area contributed by atoms with E-state index in [1.807, 2.05) is 0 Å². The van der Waals surface area contributed by atoms with Crippen molar-refractivity contribution < 1.29 is 0 Å². The minimum absolute atomic E-state index is 0.546. The zero-order valence-corrected chi connectivity index (χ0v) is 7.67. The molecule has 0 amide bonds. The second kappa shape index (κ2) is 2.80. The Morgan fingerprint density at radius 2 is 2.17 bits per heavy atom. The molecule has 0 bridgehead atoms. The van der Waals surface area contributed by atoms with Crippen LogP contribution in [-0.4, -0.2) is 0 Å². The van der Waals surface area contributed by atoms with Gasteiger partial charge in [-0.15, -0.1) is 5.73 Å². The number of hydrogen-bond acceptors (Lipinski definition) is 0. The number of fused-ring (bicyclic) bond motifs is 1. The summed E-state index contributed by atoms with van der Waals surface area (Å²) in [6, 6.07) is 0. The van der Waals surface area contributed by atoms with Crippen LogP contribution in [0.3, 0.4) is 0 Å². The lowest BCUT2D eigenvalue weighted by atomic mass is 9.83. The molecule has 12 heavy (non-hydrogen) atoms. The van der Waals surface area contributed by atoms with Gasteiger partial charge in [-0.05, 0) is 30.4 Å². The summed E-state index contributed by atoms with van der Waals surface area (Å²) < 4.78 is 0. The summed E-state index contributed by atoms with van der Waals surface area (Å²) >= 11 is 0. The van der Waals surface area contributed by atoms with Gasteiger partial charge in [0.05, 0.1) is 0 Å². The molecule has 0 saturated heterocycles. The molecule has 2 aliphatic rings. The molecule has 2 rings (SSSR count). The van der Waals surface area contributed by atoms with Crippen molar-refractivity contribution in [2.45, 2.75) is 20.3 Å². The Kier molecular flexibility index (Phi) is 1.78.